The first-order valence-corrected chi connectivity index (χ1v) is 11.6. The third-order valence-corrected chi connectivity index (χ3v) is 5.94. The molecule has 0 aliphatic heterocycles. The maximum Gasteiger partial charge on any atom is 0.304 e. The minimum atomic E-state index is -1.14. The Bertz CT molecular complexity index is 831. The Morgan fingerprint density at radius 1 is 0.844 bits per heavy atom. The maximum absolute atomic E-state index is 12.4. The number of allylic oxidation sites excluding steroid dienone is 10. The van der Waals surface area contributed by atoms with E-state index in [2.05, 4.69) is 45.9 Å². The Morgan fingerprint density at radius 2 is 1.34 bits per heavy atom. The summed E-state index contributed by atoms with van der Waals surface area (Å²) < 4.78 is 0. The van der Waals surface area contributed by atoms with Crippen LogP contribution in [0.15, 0.2) is 58.7 Å². The van der Waals surface area contributed by atoms with Crippen molar-refractivity contribution in [1.29, 1.82) is 0 Å². The lowest BCUT2D eigenvalue weighted by Crippen LogP contribution is -2.37. The van der Waals surface area contributed by atoms with Crippen LogP contribution in [0.5, 0.6) is 0 Å². The number of carboxylic acid groups (broad SMARTS) is 1. The minimum Gasteiger partial charge on any atom is -0.481 e. The number of carboxylic acids is 1. The predicted molar refractivity (Wildman–Crippen MR) is 131 cm³/mol. The third-order valence-electron chi connectivity index (χ3n) is 5.94. The Labute approximate surface area is 193 Å². The van der Waals surface area contributed by atoms with Crippen LogP contribution in [0, 0.1) is 5.41 Å². The van der Waals surface area contributed by atoms with E-state index in [0.29, 0.717) is 6.42 Å². The molecule has 0 fully saturated rings. The molecule has 1 aliphatic rings. The van der Waals surface area contributed by atoms with Gasteiger partial charge in [-0.1, -0.05) is 46.6 Å². The maximum atomic E-state index is 12.4. The van der Waals surface area contributed by atoms with Crippen LogP contribution in [0.1, 0.15) is 92.4 Å². The quantitative estimate of drug-likeness (QED) is 0.311. The number of aliphatic carboxylic acids is 1. The molecule has 0 bridgehead atoms. The average molecular weight is 441 g/mol. The number of carbonyl (C=O) groups excluding carboxylic acids is 2. The summed E-state index contributed by atoms with van der Waals surface area (Å²) in [5.74, 6) is -1.49. The summed E-state index contributed by atoms with van der Waals surface area (Å²) in [6.45, 7) is 10.6. The summed E-state index contributed by atoms with van der Waals surface area (Å²) in [5, 5.41) is 9.25. The summed E-state index contributed by atoms with van der Waals surface area (Å²) in [6.07, 6.45) is 17.3. The zero-order valence-electron chi connectivity index (χ0n) is 20.5. The molecule has 1 atom stereocenters. The normalized spacial score (nSPS) is 20.0. The Morgan fingerprint density at radius 3 is 1.84 bits per heavy atom. The molecule has 4 nitrogen and oxygen atoms in total. The van der Waals surface area contributed by atoms with Crippen molar-refractivity contribution >= 4 is 17.5 Å². The molecule has 1 N–H and O–H groups in total. The lowest BCUT2D eigenvalue weighted by molar-refractivity contribution is -0.144. The van der Waals surface area contributed by atoms with Gasteiger partial charge in [-0.05, 0) is 91.7 Å². The molecule has 176 valence electrons. The number of carbonyl (C=O) groups is 3. The fourth-order valence-corrected chi connectivity index (χ4v) is 3.87. The summed E-state index contributed by atoms with van der Waals surface area (Å²) in [7, 11) is 0. The van der Waals surface area contributed by atoms with Crippen molar-refractivity contribution < 1.29 is 19.5 Å². The van der Waals surface area contributed by atoms with Gasteiger partial charge in [0, 0.05) is 6.42 Å². The van der Waals surface area contributed by atoms with Crippen molar-refractivity contribution in [2.45, 2.75) is 92.4 Å². The first-order chi connectivity index (χ1) is 15.0. The number of hydrogen-bond donors (Lipinski definition) is 1. The van der Waals surface area contributed by atoms with E-state index in [9.17, 15) is 19.5 Å². The van der Waals surface area contributed by atoms with E-state index in [1.165, 1.54) is 28.9 Å². The van der Waals surface area contributed by atoms with Crippen LogP contribution in [0.3, 0.4) is 0 Å². The highest BCUT2D eigenvalue weighted by atomic mass is 16.4. The van der Waals surface area contributed by atoms with E-state index in [0.717, 1.165) is 44.1 Å². The molecule has 0 heterocycles. The molecular formula is C28H40O4. The first kappa shape index (κ1) is 27.5. The molecule has 1 unspecified atom stereocenters. The molecule has 0 radical (unpaired) electrons. The number of rotatable bonds is 13. The third kappa shape index (κ3) is 10.7. The standard InChI is InChI=1S/C28H40O4/c1-21(2)9-6-10-22(3)11-7-12-23(4)13-8-14-24(5)17-18-28(20-27(31)32)19-25(29)15-16-26(28)30/h9,11,13,15-17H,6-8,10,12,14,18-20H2,1-5H3,(H,31,32)/b22-11+,23-13+,24-17+. The van der Waals surface area contributed by atoms with E-state index in [4.69, 9.17) is 0 Å². The minimum absolute atomic E-state index is 0.0291. The molecule has 0 saturated heterocycles. The van der Waals surface area contributed by atoms with Crippen LogP contribution < -0.4 is 0 Å². The van der Waals surface area contributed by atoms with Crippen LogP contribution >= 0.6 is 0 Å². The van der Waals surface area contributed by atoms with Crippen molar-refractivity contribution in [2.75, 3.05) is 0 Å². The second-order valence-electron chi connectivity index (χ2n) is 9.44. The molecule has 0 amide bonds. The summed E-state index contributed by atoms with van der Waals surface area (Å²) in [6, 6.07) is 0. The highest BCUT2D eigenvalue weighted by Crippen LogP contribution is 2.37. The molecule has 0 spiro atoms. The van der Waals surface area contributed by atoms with Gasteiger partial charge in [-0.3, -0.25) is 14.4 Å². The van der Waals surface area contributed by atoms with Gasteiger partial charge >= 0.3 is 5.97 Å². The van der Waals surface area contributed by atoms with E-state index in [-0.39, 0.29) is 24.4 Å². The van der Waals surface area contributed by atoms with Gasteiger partial charge < -0.3 is 5.11 Å². The van der Waals surface area contributed by atoms with E-state index >= 15 is 0 Å². The van der Waals surface area contributed by atoms with Gasteiger partial charge in [-0.25, -0.2) is 0 Å². The number of hydrogen-bond acceptors (Lipinski definition) is 3. The fraction of sp³-hybridized carbons (Fsp3) is 0.536. The van der Waals surface area contributed by atoms with Crippen LogP contribution in [0.25, 0.3) is 0 Å². The van der Waals surface area contributed by atoms with Gasteiger partial charge in [0.15, 0.2) is 11.6 Å². The van der Waals surface area contributed by atoms with Crippen LogP contribution in [0.2, 0.25) is 0 Å². The predicted octanol–water partition coefficient (Wildman–Crippen LogP) is 7.08. The highest BCUT2D eigenvalue weighted by Gasteiger charge is 2.41. The monoisotopic (exact) mass is 440 g/mol. The molecule has 32 heavy (non-hydrogen) atoms. The summed E-state index contributed by atoms with van der Waals surface area (Å²) in [5.41, 5.74) is 4.15. The Hall–Kier alpha value is -2.49. The van der Waals surface area contributed by atoms with Crippen molar-refractivity contribution in [3.05, 3.63) is 58.7 Å². The van der Waals surface area contributed by atoms with Gasteiger partial charge in [-0.15, -0.1) is 0 Å². The van der Waals surface area contributed by atoms with E-state index < -0.39 is 11.4 Å². The average Bonchev–Trinajstić information content (AvgIpc) is 2.68. The SMILES string of the molecule is CC(C)=CCC/C(C)=C/CC/C(C)=C/CC/C(C)=C/CC1(CC(=O)O)CC(=O)C=CC1=O. The lowest BCUT2D eigenvalue weighted by Gasteiger charge is -2.30. The summed E-state index contributed by atoms with van der Waals surface area (Å²) in [4.78, 5) is 35.5. The Kier molecular flexibility index (Phi) is 11.9. The Balaban J connectivity index is 2.53. The molecule has 1 aliphatic carbocycles. The number of ketones is 2. The topological polar surface area (TPSA) is 71.4 Å². The van der Waals surface area contributed by atoms with Gasteiger partial charge in [0.05, 0.1) is 11.8 Å². The van der Waals surface area contributed by atoms with Crippen molar-refractivity contribution in [3.8, 4) is 0 Å². The van der Waals surface area contributed by atoms with E-state index in [1.54, 1.807) is 0 Å². The highest BCUT2D eigenvalue weighted by molar-refractivity contribution is 6.09. The molecule has 1 rings (SSSR count). The fourth-order valence-electron chi connectivity index (χ4n) is 3.87. The zero-order chi connectivity index (χ0) is 24.1. The van der Waals surface area contributed by atoms with Crippen LogP contribution in [-0.2, 0) is 14.4 Å². The smallest absolute Gasteiger partial charge is 0.304 e. The van der Waals surface area contributed by atoms with Gasteiger partial charge in [0.1, 0.15) is 0 Å². The van der Waals surface area contributed by atoms with Crippen molar-refractivity contribution in [1.82, 2.24) is 0 Å². The van der Waals surface area contributed by atoms with Gasteiger partial charge in [-0.2, -0.15) is 0 Å². The van der Waals surface area contributed by atoms with Crippen LogP contribution in [0.4, 0.5) is 0 Å². The molecule has 0 aromatic heterocycles. The van der Waals surface area contributed by atoms with E-state index in [1.807, 2.05) is 13.0 Å². The molecule has 0 saturated carbocycles. The molecule has 4 heteroatoms. The largest absolute Gasteiger partial charge is 0.481 e. The van der Waals surface area contributed by atoms with Crippen molar-refractivity contribution in [2.24, 2.45) is 5.41 Å². The molecule has 0 aromatic carbocycles. The second-order valence-corrected chi connectivity index (χ2v) is 9.44. The van der Waals surface area contributed by atoms with Gasteiger partial charge in [0.2, 0.25) is 0 Å². The van der Waals surface area contributed by atoms with Gasteiger partial charge in [0.25, 0.3) is 0 Å². The van der Waals surface area contributed by atoms with Crippen LogP contribution in [-0.4, -0.2) is 22.6 Å². The zero-order valence-corrected chi connectivity index (χ0v) is 20.5. The first-order valence-electron chi connectivity index (χ1n) is 11.6. The summed E-state index contributed by atoms with van der Waals surface area (Å²) >= 11 is 0. The lowest BCUT2D eigenvalue weighted by atomic mass is 9.70. The molecule has 0 aromatic rings. The van der Waals surface area contributed by atoms with Crippen molar-refractivity contribution in [3.63, 3.8) is 0 Å². The second kappa shape index (κ2) is 13.8. The molecular weight excluding hydrogens is 400 g/mol.